The largest absolute Gasteiger partial charge is 0.789 e. The highest BCUT2D eigenvalue weighted by molar-refractivity contribution is 8.05. The number of rotatable bonds is 2. The number of benzene rings is 1. The molecule has 4 heteroatoms. The van der Waals surface area contributed by atoms with E-state index in [-0.39, 0.29) is 4.38 Å². The molecule has 0 fully saturated rings. The fourth-order valence-corrected chi connectivity index (χ4v) is 1.10. The smallest absolute Gasteiger partial charge is 0.0611 e. The first kappa shape index (κ1) is 9.71. The van der Waals surface area contributed by atoms with Crippen LogP contribution in [0, 0.1) is 0 Å². The van der Waals surface area contributed by atoms with E-state index >= 15 is 0 Å². The van der Waals surface area contributed by atoms with E-state index in [1.807, 2.05) is 24.3 Å². The van der Waals surface area contributed by atoms with E-state index in [0.29, 0.717) is 11.6 Å². The molecule has 0 aliphatic rings. The van der Waals surface area contributed by atoms with E-state index in [2.05, 4.69) is 30.2 Å². The summed E-state index contributed by atoms with van der Waals surface area (Å²) in [5, 5.41) is 0.701. The monoisotopic (exact) mass is 215 g/mol. The number of aliphatic imine (C=N–C) groups is 1. The Morgan fingerprint density at radius 3 is 2.58 bits per heavy atom. The van der Waals surface area contributed by atoms with Crippen LogP contribution in [0.3, 0.4) is 0 Å². The molecule has 0 aliphatic heterocycles. The molecule has 0 atom stereocenters. The molecule has 0 N–H and O–H groups in total. The molecule has 0 radical (unpaired) electrons. The van der Waals surface area contributed by atoms with Crippen molar-refractivity contribution in [2.75, 3.05) is 0 Å². The second kappa shape index (κ2) is 4.60. The Morgan fingerprint density at radius 1 is 1.33 bits per heavy atom. The molecule has 1 nitrogen and oxygen atoms in total. The highest BCUT2D eigenvalue weighted by Gasteiger charge is 1.94. The molecule has 0 heterocycles. The van der Waals surface area contributed by atoms with Crippen LogP contribution < -0.4 is 0 Å². The average Bonchev–Trinajstić information content (AvgIpc) is 2.03. The van der Waals surface area contributed by atoms with Gasteiger partial charge in [0.15, 0.2) is 0 Å². The highest BCUT2D eigenvalue weighted by Crippen LogP contribution is 2.15. The molecular weight excluding hydrogens is 210 g/mol. The maximum atomic E-state index is 5.87. The van der Waals surface area contributed by atoms with E-state index in [1.54, 1.807) is 0 Å². The van der Waals surface area contributed by atoms with Gasteiger partial charge in [0, 0.05) is 5.02 Å². The van der Waals surface area contributed by atoms with Gasteiger partial charge >= 0.3 is 0 Å². The Morgan fingerprint density at radius 2 is 2.00 bits per heavy atom. The third-order valence-electron chi connectivity index (χ3n) is 1.34. The van der Waals surface area contributed by atoms with Crippen molar-refractivity contribution in [2.45, 2.75) is 6.54 Å². The van der Waals surface area contributed by atoms with E-state index in [0.717, 1.165) is 5.56 Å². The first-order valence-corrected chi connectivity index (χ1v) is 4.51. The molecular formula is C8H6ClNS2-2. The van der Waals surface area contributed by atoms with Gasteiger partial charge < -0.3 is 30.2 Å². The summed E-state index contributed by atoms with van der Waals surface area (Å²) in [4.78, 5) is 3.92. The molecule has 1 rings (SSSR count). The van der Waals surface area contributed by atoms with Crippen LogP contribution in [0.1, 0.15) is 5.56 Å². The summed E-state index contributed by atoms with van der Waals surface area (Å²) >= 11 is 15.2. The van der Waals surface area contributed by atoms with Crippen LogP contribution in [0.4, 0.5) is 0 Å². The Bertz CT molecular complexity index is 295. The lowest BCUT2D eigenvalue weighted by Gasteiger charge is -2.16. The number of hydrogen-bond donors (Lipinski definition) is 0. The Balaban J connectivity index is 2.76. The number of hydrogen-bond acceptors (Lipinski definition) is 3. The Kier molecular flexibility index (Phi) is 3.72. The van der Waals surface area contributed by atoms with Gasteiger partial charge in [-0.1, -0.05) is 29.8 Å². The van der Waals surface area contributed by atoms with Crippen LogP contribution in [0.15, 0.2) is 29.3 Å². The minimum absolute atomic E-state index is 0.245. The third kappa shape index (κ3) is 2.93. The lowest BCUT2D eigenvalue weighted by molar-refractivity contribution is 1.08. The van der Waals surface area contributed by atoms with Crippen LogP contribution in [-0.4, -0.2) is 4.38 Å². The van der Waals surface area contributed by atoms with Crippen molar-refractivity contribution >= 4 is 41.2 Å². The molecule has 0 amide bonds. The number of halogens is 1. The van der Waals surface area contributed by atoms with Gasteiger partial charge in [0.05, 0.1) is 6.54 Å². The van der Waals surface area contributed by atoms with Crippen molar-refractivity contribution < 1.29 is 0 Å². The molecule has 0 unspecified atom stereocenters. The molecule has 0 bridgehead atoms. The lowest BCUT2D eigenvalue weighted by Crippen LogP contribution is -1.88. The standard InChI is InChI=1S/C8H8ClNS2/c9-7-4-2-1-3-6(7)5-10-8(11)12/h1-4H,5H2,(H2,10,11,12)/p-2. The van der Waals surface area contributed by atoms with Gasteiger partial charge in [0.2, 0.25) is 0 Å². The van der Waals surface area contributed by atoms with Crippen molar-refractivity contribution in [3.63, 3.8) is 0 Å². The molecule has 0 saturated carbocycles. The molecule has 12 heavy (non-hydrogen) atoms. The molecule has 0 aliphatic carbocycles. The summed E-state index contributed by atoms with van der Waals surface area (Å²) in [6.45, 7) is 0.474. The maximum absolute atomic E-state index is 5.87. The van der Waals surface area contributed by atoms with Crippen molar-refractivity contribution in [3.8, 4) is 0 Å². The van der Waals surface area contributed by atoms with Crippen LogP contribution in [0.5, 0.6) is 0 Å². The van der Waals surface area contributed by atoms with E-state index in [4.69, 9.17) is 11.6 Å². The van der Waals surface area contributed by atoms with Gasteiger partial charge in [-0.05, 0) is 11.6 Å². The molecule has 1 aromatic rings. The van der Waals surface area contributed by atoms with Crippen molar-refractivity contribution in [3.05, 3.63) is 34.9 Å². The molecule has 0 aromatic heterocycles. The zero-order valence-corrected chi connectivity index (χ0v) is 8.55. The second-order valence-corrected chi connectivity index (χ2v) is 3.61. The van der Waals surface area contributed by atoms with Crippen LogP contribution >= 0.6 is 11.6 Å². The topological polar surface area (TPSA) is 12.4 Å². The third-order valence-corrected chi connectivity index (χ3v) is 1.96. The van der Waals surface area contributed by atoms with Crippen molar-refractivity contribution in [2.24, 2.45) is 4.99 Å². The molecule has 64 valence electrons. The second-order valence-electron chi connectivity index (χ2n) is 2.17. The summed E-state index contributed by atoms with van der Waals surface area (Å²) in [6.07, 6.45) is 0. The summed E-state index contributed by atoms with van der Waals surface area (Å²) < 4.78 is 0.245. The van der Waals surface area contributed by atoms with Gasteiger partial charge in [0.1, 0.15) is 0 Å². The minimum Gasteiger partial charge on any atom is -0.789 e. The van der Waals surface area contributed by atoms with Crippen LogP contribution in [0.2, 0.25) is 5.02 Å². The Hall–Kier alpha value is -0.380. The first-order valence-electron chi connectivity index (χ1n) is 3.32. The van der Waals surface area contributed by atoms with E-state index < -0.39 is 0 Å². The van der Waals surface area contributed by atoms with Gasteiger partial charge in [0.25, 0.3) is 0 Å². The number of nitrogens with zero attached hydrogens (tertiary/aromatic N) is 1. The molecule has 1 aromatic carbocycles. The van der Waals surface area contributed by atoms with Crippen LogP contribution in [-0.2, 0) is 31.8 Å². The van der Waals surface area contributed by atoms with Crippen LogP contribution in [0.25, 0.3) is 0 Å². The summed E-state index contributed by atoms with van der Waals surface area (Å²) in [5.74, 6) is 0. The highest BCUT2D eigenvalue weighted by atomic mass is 35.5. The minimum atomic E-state index is 0.245. The van der Waals surface area contributed by atoms with Gasteiger partial charge in [-0.2, -0.15) is 0 Å². The summed E-state index contributed by atoms with van der Waals surface area (Å²) in [5.41, 5.74) is 0.950. The average molecular weight is 216 g/mol. The Labute approximate surface area is 87.7 Å². The fourth-order valence-electron chi connectivity index (χ4n) is 0.776. The first-order chi connectivity index (χ1) is 5.70. The predicted molar refractivity (Wildman–Crippen MR) is 57.3 cm³/mol. The summed E-state index contributed by atoms with van der Waals surface area (Å²) in [6, 6.07) is 7.50. The zero-order valence-electron chi connectivity index (χ0n) is 6.16. The van der Waals surface area contributed by atoms with Gasteiger partial charge in [-0.3, -0.25) is 0 Å². The predicted octanol–water partition coefficient (Wildman–Crippen LogP) is 2.29. The van der Waals surface area contributed by atoms with Gasteiger partial charge in [-0.15, -0.1) is 0 Å². The SMILES string of the molecule is [S-]C([S-])=NCc1ccccc1Cl. The lowest BCUT2D eigenvalue weighted by atomic mass is 10.2. The van der Waals surface area contributed by atoms with Crippen molar-refractivity contribution in [1.29, 1.82) is 0 Å². The van der Waals surface area contributed by atoms with E-state index in [9.17, 15) is 0 Å². The van der Waals surface area contributed by atoms with Gasteiger partial charge in [-0.25, -0.2) is 4.38 Å². The normalized spacial score (nSPS) is 9.42. The quantitative estimate of drug-likeness (QED) is 0.427. The van der Waals surface area contributed by atoms with Crippen molar-refractivity contribution in [1.82, 2.24) is 0 Å². The van der Waals surface area contributed by atoms with E-state index in [1.165, 1.54) is 0 Å². The fraction of sp³-hybridized carbons (Fsp3) is 0.125. The maximum Gasteiger partial charge on any atom is 0.0611 e. The molecule has 0 saturated heterocycles. The zero-order chi connectivity index (χ0) is 8.97. The molecule has 0 spiro atoms. The summed E-state index contributed by atoms with van der Waals surface area (Å²) in [7, 11) is 0.